The summed E-state index contributed by atoms with van der Waals surface area (Å²) in [7, 11) is 1.81. The molecule has 0 bridgehead atoms. The minimum Gasteiger partial charge on any atom is -0.356 e. The number of nitrogens with one attached hydrogen (secondary N) is 2. The minimum atomic E-state index is 0.841. The van der Waals surface area contributed by atoms with Crippen LogP contribution >= 0.6 is 0 Å². The first-order valence-electron chi connectivity index (χ1n) is 7.22. The van der Waals surface area contributed by atoms with Crippen LogP contribution < -0.4 is 10.6 Å². The Morgan fingerprint density at radius 1 is 1.40 bits per heavy atom. The highest BCUT2D eigenvalue weighted by molar-refractivity contribution is 5.79. The third kappa shape index (κ3) is 3.29. The molecule has 0 amide bonds. The zero-order chi connectivity index (χ0) is 13.8. The maximum absolute atomic E-state index is 4.58. The predicted molar refractivity (Wildman–Crippen MR) is 81.0 cm³/mol. The third-order valence-electron chi connectivity index (χ3n) is 3.57. The van der Waals surface area contributed by atoms with Gasteiger partial charge in [0.05, 0.1) is 5.69 Å². The summed E-state index contributed by atoms with van der Waals surface area (Å²) >= 11 is 0. The molecule has 1 aliphatic carbocycles. The molecule has 1 aliphatic rings. The molecule has 20 heavy (non-hydrogen) atoms. The highest BCUT2D eigenvalue weighted by Gasteiger charge is 2.20. The van der Waals surface area contributed by atoms with Gasteiger partial charge in [0.2, 0.25) is 0 Å². The summed E-state index contributed by atoms with van der Waals surface area (Å²) in [6, 6.07) is 6.04. The van der Waals surface area contributed by atoms with Crippen molar-refractivity contribution in [2.45, 2.75) is 19.3 Å². The van der Waals surface area contributed by atoms with Crippen LogP contribution in [-0.2, 0) is 6.42 Å². The van der Waals surface area contributed by atoms with Crippen LogP contribution in [0.15, 0.2) is 35.6 Å². The van der Waals surface area contributed by atoms with Crippen molar-refractivity contribution in [1.29, 1.82) is 0 Å². The SMILES string of the molecule is CN=C(NCCc1cn2ccccc2n1)NCC1CC1. The van der Waals surface area contributed by atoms with Gasteiger partial charge in [-0.15, -0.1) is 0 Å². The summed E-state index contributed by atoms with van der Waals surface area (Å²) in [6.45, 7) is 1.88. The molecule has 2 aromatic heterocycles. The normalized spacial score (nSPS) is 15.6. The van der Waals surface area contributed by atoms with Crippen LogP contribution in [0.4, 0.5) is 0 Å². The van der Waals surface area contributed by atoms with E-state index >= 15 is 0 Å². The maximum Gasteiger partial charge on any atom is 0.190 e. The Bertz CT molecular complexity index is 564. The fraction of sp³-hybridized carbons (Fsp3) is 0.467. The number of fused-ring (bicyclic) bond motifs is 1. The number of nitrogens with zero attached hydrogens (tertiary/aromatic N) is 3. The lowest BCUT2D eigenvalue weighted by atomic mass is 10.3. The summed E-state index contributed by atoms with van der Waals surface area (Å²) in [5.74, 6) is 1.74. The van der Waals surface area contributed by atoms with Crippen molar-refractivity contribution < 1.29 is 0 Å². The van der Waals surface area contributed by atoms with Crippen LogP contribution in [0.2, 0.25) is 0 Å². The molecular weight excluding hydrogens is 250 g/mol. The number of aliphatic imine (C=N–C) groups is 1. The highest BCUT2D eigenvalue weighted by atomic mass is 15.2. The van der Waals surface area contributed by atoms with Gasteiger partial charge in [0.15, 0.2) is 5.96 Å². The van der Waals surface area contributed by atoms with Gasteiger partial charge >= 0.3 is 0 Å². The average Bonchev–Trinajstić information content (AvgIpc) is 3.20. The van der Waals surface area contributed by atoms with E-state index in [-0.39, 0.29) is 0 Å². The molecule has 0 atom stereocenters. The Labute approximate surface area is 119 Å². The van der Waals surface area contributed by atoms with Gasteiger partial charge < -0.3 is 15.0 Å². The Balaban J connectivity index is 1.48. The Kier molecular flexibility index (Phi) is 3.85. The first kappa shape index (κ1) is 13.0. The van der Waals surface area contributed by atoms with E-state index < -0.39 is 0 Å². The van der Waals surface area contributed by atoms with Gasteiger partial charge in [0, 0.05) is 39.0 Å². The van der Waals surface area contributed by atoms with E-state index in [1.165, 1.54) is 12.8 Å². The molecule has 2 aromatic rings. The summed E-state index contributed by atoms with van der Waals surface area (Å²) in [6.07, 6.45) is 7.70. The van der Waals surface area contributed by atoms with E-state index in [4.69, 9.17) is 0 Å². The van der Waals surface area contributed by atoms with Gasteiger partial charge in [-0.2, -0.15) is 0 Å². The van der Waals surface area contributed by atoms with Crippen molar-refractivity contribution in [2.75, 3.05) is 20.1 Å². The van der Waals surface area contributed by atoms with Crippen LogP contribution in [0.3, 0.4) is 0 Å². The molecule has 2 heterocycles. The molecule has 1 fully saturated rings. The lowest BCUT2D eigenvalue weighted by molar-refractivity contribution is 0.732. The molecule has 106 valence electrons. The molecule has 0 radical (unpaired) electrons. The van der Waals surface area contributed by atoms with Crippen LogP contribution in [0.5, 0.6) is 0 Å². The summed E-state index contributed by atoms with van der Waals surface area (Å²) in [4.78, 5) is 8.81. The number of hydrogen-bond acceptors (Lipinski definition) is 2. The zero-order valence-corrected chi connectivity index (χ0v) is 11.8. The first-order valence-corrected chi connectivity index (χ1v) is 7.22. The van der Waals surface area contributed by atoms with E-state index in [0.29, 0.717) is 0 Å². The van der Waals surface area contributed by atoms with Crippen LogP contribution in [-0.4, -0.2) is 35.5 Å². The van der Waals surface area contributed by atoms with Gasteiger partial charge in [-0.3, -0.25) is 4.99 Å². The Morgan fingerprint density at radius 2 is 2.30 bits per heavy atom. The molecule has 5 nitrogen and oxygen atoms in total. The molecule has 0 unspecified atom stereocenters. The molecule has 0 saturated heterocycles. The smallest absolute Gasteiger partial charge is 0.190 e. The molecule has 2 N–H and O–H groups in total. The molecule has 0 aromatic carbocycles. The second-order valence-corrected chi connectivity index (χ2v) is 5.27. The van der Waals surface area contributed by atoms with Crippen molar-refractivity contribution in [3.8, 4) is 0 Å². The monoisotopic (exact) mass is 271 g/mol. The second kappa shape index (κ2) is 5.94. The fourth-order valence-electron chi connectivity index (χ4n) is 2.20. The van der Waals surface area contributed by atoms with Gasteiger partial charge in [-0.1, -0.05) is 6.07 Å². The number of imidazole rings is 1. The standard InChI is InChI=1S/C15H21N5/c1-16-15(18-10-12-5-6-12)17-8-7-13-11-20-9-3-2-4-14(20)19-13/h2-4,9,11-12H,5-8,10H2,1H3,(H2,16,17,18). The van der Waals surface area contributed by atoms with Crippen molar-refractivity contribution in [1.82, 2.24) is 20.0 Å². The van der Waals surface area contributed by atoms with Crippen molar-refractivity contribution in [3.63, 3.8) is 0 Å². The minimum absolute atomic E-state index is 0.841. The van der Waals surface area contributed by atoms with Gasteiger partial charge in [0.1, 0.15) is 5.65 Å². The summed E-state index contributed by atoms with van der Waals surface area (Å²) in [5, 5.41) is 6.69. The largest absolute Gasteiger partial charge is 0.356 e. The van der Waals surface area contributed by atoms with Gasteiger partial charge in [0.25, 0.3) is 0 Å². The topological polar surface area (TPSA) is 53.7 Å². The highest BCUT2D eigenvalue weighted by Crippen LogP contribution is 2.27. The number of aromatic nitrogens is 2. The molecule has 0 spiro atoms. The van der Waals surface area contributed by atoms with Gasteiger partial charge in [-0.25, -0.2) is 4.98 Å². The number of rotatable bonds is 5. The van der Waals surface area contributed by atoms with Crippen LogP contribution in [0, 0.1) is 5.92 Å². The molecule has 0 aliphatic heterocycles. The zero-order valence-electron chi connectivity index (χ0n) is 11.8. The van der Waals surface area contributed by atoms with E-state index in [1.807, 2.05) is 31.4 Å². The fourth-order valence-corrected chi connectivity index (χ4v) is 2.20. The van der Waals surface area contributed by atoms with Gasteiger partial charge in [-0.05, 0) is 30.9 Å². The quantitative estimate of drug-likeness (QED) is 0.639. The average molecular weight is 271 g/mol. The van der Waals surface area contributed by atoms with Crippen molar-refractivity contribution >= 4 is 11.6 Å². The number of hydrogen-bond donors (Lipinski definition) is 2. The molecular formula is C15H21N5. The first-order chi connectivity index (χ1) is 9.85. The van der Waals surface area contributed by atoms with Crippen molar-refractivity contribution in [3.05, 3.63) is 36.3 Å². The third-order valence-corrected chi connectivity index (χ3v) is 3.57. The van der Waals surface area contributed by atoms with Crippen molar-refractivity contribution in [2.24, 2.45) is 10.9 Å². The van der Waals surface area contributed by atoms with E-state index in [0.717, 1.165) is 42.7 Å². The lowest BCUT2D eigenvalue weighted by Crippen LogP contribution is -2.39. The number of pyridine rings is 1. The Morgan fingerprint density at radius 3 is 3.05 bits per heavy atom. The number of guanidine groups is 1. The van der Waals surface area contributed by atoms with Crippen LogP contribution in [0.1, 0.15) is 18.5 Å². The maximum atomic E-state index is 4.58. The van der Waals surface area contributed by atoms with Crippen LogP contribution in [0.25, 0.3) is 5.65 Å². The second-order valence-electron chi connectivity index (χ2n) is 5.27. The van der Waals surface area contributed by atoms with E-state index in [2.05, 4.69) is 31.2 Å². The van der Waals surface area contributed by atoms with E-state index in [9.17, 15) is 0 Å². The summed E-state index contributed by atoms with van der Waals surface area (Å²) < 4.78 is 2.05. The lowest BCUT2D eigenvalue weighted by Gasteiger charge is -2.10. The molecule has 5 heteroatoms. The molecule has 1 saturated carbocycles. The Hall–Kier alpha value is -2.04. The predicted octanol–water partition coefficient (Wildman–Crippen LogP) is 1.45. The molecule has 3 rings (SSSR count). The van der Waals surface area contributed by atoms with E-state index in [1.54, 1.807) is 0 Å². The summed E-state index contributed by atoms with van der Waals surface area (Å²) in [5.41, 5.74) is 2.10.